The minimum Gasteiger partial charge on any atom is -0.469 e. The molecule has 1 heterocycles. The van der Waals surface area contributed by atoms with Crippen molar-refractivity contribution in [3.05, 3.63) is 48.6 Å². The van der Waals surface area contributed by atoms with E-state index in [0.29, 0.717) is 19.3 Å². The quantitative estimate of drug-likeness (QED) is 0.151. The number of hydrogen-bond acceptors (Lipinski definition) is 3. The molecular weight excluding hydrogens is 300 g/mol. The van der Waals surface area contributed by atoms with Crippen molar-refractivity contribution in [3.63, 3.8) is 0 Å². The SMILES string of the molecule is [2H]C([2H])([2H])C([2H])([2H])CCC/C=C\C\C=C/C=C/C=C/[C@@H]1O[C@H]1CCCC(=O)OC. The Bertz CT molecular complexity index is 606. The maximum absolute atomic E-state index is 11.0. The molecule has 1 aliphatic rings. The predicted octanol–water partition coefficient (Wildman–Crippen LogP) is 5.29. The van der Waals surface area contributed by atoms with E-state index in [9.17, 15) is 4.79 Å². The molecule has 1 fully saturated rings. The van der Waals surface area contributed by atoms with Gasteiger partial charge in [0.15, 0.2) is 0 Å². The smallest absolute Gasteiger partial charge is 0.305 e. The van der Waals surface area contributed by atoms with Gasteiger partial charge >= 0.3 is 5.97 Å². The molecule has 0 spiro atoms. The minimum atomic E-state index is -2.56. The monoisotopic (exact) mass is 337 g/mol. The van der Waals surface area contributed by atoms with Gasteiger partial charge in [-0.1, -0.05) is 68.3 Å². The molecule has 0 amide bonds. The van der Waals surface area contributed by atoms with Crippen LogP contribution in [-0.4, -0.2) is 25.3 Å². The van der Waals surface area contributed by atoms with E-state index < -0.39 is 13.2 Å². The molecule has 0 aliphatic carbocycles. The van der Waals surface area contributed by atoms with Crippen molar-refractivity contribution in [3.8, 4) is 0 Å². The number of ether oxygens (including phenoxy) is 2. The molecule has 0 N–H and O–H groups in total. The fourth-order valence-electron chi connectivity index (χ4n) is 2.17. The molecule has 3 nitrogen and oxygen atoms in total. The third-order valence-corrected chi connectivity index (χ3v) is 3.60. The number of rotatable bonds is 13. The van der Waals surface area contributed by atoms with Crippen molar-refractivity contribution in [2.75, 3.05) is 7.11 Å². The number of esters is 1. The van der Waals surface area contributed by atoms with Crippen LogP contribution in [0.2, 0.25) is 0 Å². The zero-order valence-electron chi connectivity index (χ0n) is 19.4. The normalized spacial score (nSPS) is 25.0. The fraction of sp³-hybridized carbons (Fsp3) is 0.571. The average Bonchev–Trinajstić information content (AvgIpc) is 3.39. The number of carbonyl (C=O) groups excluding carboxylic acids is 1. The highest BCUT2D eigenvalue weighted by molar-refractivity contribution is 5.68. The molecule has 1 rings (SSSR count). The molecule has 0 saturated carbocycles. The lowest BCUT2D eigenvalue weighted by Crippen LogP contribution is -2.01. The molecule has 0 unspecified atom stereocenters. The van der Waals surface area contributed by atoms with E-state index in [1.165, 1.54) is 7.11 Å². The molecule has 3 heteroatoms. The largest absolute Gasteiger partial charge is 0.469 e. The summed E-state index contributed by atoms with van der Waals surface area (Å²) in [7, 11) is 1.40. The Kier molecular flexibility index (Phi) is 7.85. The summed E-state index contributed by atoms with van der Waals surface area (Å²) in [4.78, 5) is 11.0. The molecule has 134 valence electrons. The number of epoxide rings is 1. The Labute approximate surface area is 154 Å². The van der Waals surface area contributed by atoms with E-state index in [1.807, 2.05) is 48.6 Å². The molecule has 2 atom stereocenters. The van der Waals surface area contributed by atoms with Gasteiger partial charge in [0.1, 0.15) is 6.10 Å². The third-order valence-electron chi connectivity index (χ3n) is 3.60. The zero-order chi connectivity index (χ0) is 21.8. The molecule has 0 aromatic carbocycles. The fourth-order valence-corrected chi connectivity index (χ4v) is 2.17. The minimum absolute atomic E-state index is 0.0373. The van der Waals surface area contributed by atoms with Crippen LogP contribution in [-0.2, 0) is 14.3 Å². The summed E-state index contributed by atoms with van der Waals surface area (Å²) in [6, 6.07) is 0. The van der Waals surface area contributed by atoms with Crippen LogP contribution >= 0.6 is 0 Å². The highest BCUT2D eigenvalue weighted by Crippen LogP contribution is 2.28. The molecule has 1 saturated heterocycles. The lowest BCUT2D eigenvalue weighted by molar-refractivity contribution is -0.140. The second kappa shape index (κ2) is 13.8. The van der Waals surface area contributed by atoms with Crippen molar-refractivity contribution < 1.29 is 21.1 Å². The second-order valence-electron chi connectivity index (χ2n) is 5.58. The summed E-state index contributed by atoms with van der Waals surface area (Å²) >= 11 is 0. The summed E-state index contributed by atoms with van der Waals surface area (Å²) in [6.45, 7) is -2.56. The van der Waals surface area contributed by atoms with Gasteiger partial charge in [0.05, 0.1) is 13.2 Å². The molecule has 0 radical (unpaired) electrons. The molecular formula is C21H32O3. The van der Waals surface area contributed by atoms with E-state index in [4.69, 9.17) is 11.6 Å². The van der Waals surface area contributed by atoms with Crippen molar-refractivity contribution in [2.24, 2.45) is 0 Å². The van der Waals surface area contributed by atoms with Crippen molar-refractivity contribution in [1.82, 2.24) is 0 Å². The summed E-state index contributed by atoms with van der Waals surface area (Å²) in [6.07, 6.45) is 18.0. The van der Waals surface area contributed by atoms with Gasteiger partial charge in [0.2, 0.25) is 0 Å². The Hall–Kier alpha value is -1.61. The van der Waals surface area contributed by atoms with Crippen LogP contribution in [0, 0.1) is 0 Å². The Morgan fingerprint density at radius 1 is 1.17 bits per heavy atom. The lowest BCUT2D eigenvalue weighted by Gasteiger charge is -1.96. The summed E-state index contributed by atoms with van der Waals surface area (Å²) in [5.74, 6) is -0.182. The number of methoxy groups -OCH3 is 1. The van der Waals surface area contributed by atoms with Crippen molar-refractivity contribution in [2.45, 2.75) is 70.4 Å². The Morgan fingerprint density at radius 2 is 2.04 bits per heavy atom. The Morgan fingerprint density at radius 3 is 2.88 bits per heavy atom. The number of hydrogen-bond donors (Lipinski definition) is 0. The predicted molar refractivity (Wildman–Crippen MR) is 99.8 cm³/mol. The van der Waals surface area contributed by atoms with E-state index in [2.05, 4.69) is 4.74 Å². The van der Waals surface area contributed by atoms with Crippen molar-refractivity contribution in [1.29, 1.82) is 0 Å². The van der Waals surface area contributed by atoms with Gasteiger partial charge < -0.3 is 9.47 Å². The average molecular weight is 338 g/mol. The van der Waals surface area contributed by atoms with Gasteiger partial charge in [-0.3, -0.25) is 4.79 Å². The van der Waals surface area contributed by atoms with E-state index in [0.717, 1.165) is 19.3 Å². The van der Waals surface area contributed by atoms with E-state index >= 15 is 0 Å². The maximum Gasteiger partial charge on any atom is 0.305 e. The van der Waals surface area contributed by atoms with Crippen LogP contribution in [0.15, 0.2) is 48.6 Å². The van der Waals surface area contributed by atoms with Crippen molar-refractivity contribution >= 4 is 5.97 Å². The first-order valence-electron chi connectivity index (χ1n) is 11.0. The van der Waals surface area contributed by atoms with Gasteiger partial charge in [0, 0.05) is 13.3 Å². The molecule has 0 aromatic rings. The first kappa shape index (κ1) is 13.7. The highest BCUT2D eigenvalue weighted by Gasteiger charge is 2.35. The van der Waals surface area contributed by atoms with Crippen LogP contribution in [0.5, 0.6) is 0 Å². The van der Waals surface area contributed by atoms with E-state index in [-0.39, 0.29) is 24.6 Å². The van der Waals surface area contributed by atoms with Crippen LogP contribution in [0.25, 0.3) is 0 Å². The molecule has 0 bridgehead atoms. The lowest BCUT2D eigenvalue weighted by atomic mass is 10.1. The van der Waals surface area contributed by atoms with Crippen LogP contribution < -0.4 is 0 Å². The van der Waals surface area contributed by atoms with Gasteiger partial charge in [-0.25, -0.2) is 0 Å². The highest BCUT2D eigenvalue weighted by atomic mass is 16.6. The molecule has 1 aliphatic heterocycles. The Balaban J connectivity index is 2.06. The van der Waals surface area contributed by atoms with Gasteiger partial charge in [-0.2, -0.15) is 0 Å². The van der Waals surface area contributed by atoms with Crippen LogP contribution in [0.1, 0.15) is 65.0 Å². The van der Waals surface area contributed by atoms with Gasteiger partial charge in [0.25, 0.3) is 0 Å². The van der Waals surface area contributed by atoms with E-state index in [1.54, 1.807) is 0 Å². The number of unbranched alkanes of at least 4 members (excludes halogenated alkanes) is 1. The molecule has 24 heavy (non-hydrogen) atoms. The summed E-state index contributed by atoms with van der Waals surface area (Å²) in [5.41, 5.74) is 0. The van der Waals surface area contributed by atoms with Crippen LogP contribution in [0.3, 0.4) is 0 Å². The second-order valence-corrected chi connectivity index (χ2v) is 5.58. The van der Waals surface area contributed by atoms with Gasteiger partial charge in [-0.15, -0.1) is 0 Å². The summed E-state index contributed by atoms with van der Waals surface area (Å²) < 4.78 is 46.6. The topological polar surface area (TPSA) is 38.8 Å². The third kappa shape index (κ3) is 11.0. The molecule has 0 aromatic heterocycles. The first-order valence-corrected chi connectivity index (χ1v) is 8.54. The zero-order valence-corrected chi connectivity index (χ0v) is 14.4. The van der Waals surface area contributed by atoms with Gasteiger partial charge in [-0.05, 0) is 32.1 Å². The standard InChI is InChI=1S/C21H32O3/c1-3-4-5-6-7-8-9-10-11-12-13-14-16-19-20(24-19)17-15-18-21(22)23-2/h7-8,10-14,16,19-20H,3-6,9,15,17-18H2,1-2H3/b8-7-,11-10-,13-12+,16-14+/t19-,20-/m0/s1/i1D3,3D2. The number of allylic oxidation sites excluding steroid dienone is 7. The first-order chi connectivity index (χ1) is 13.7. The summed E-state index contributed by atoms with van der Waals surface area (Å²) in [5, 5.41) is 0. The maximum atomic E-state index is 11.0. The van der Waals surface area contributed by atoms with Crippen LogP contribution in [0.4, 0.5) is 0 Å². The number of carbonyl (C=O) groups is 1.